The molecular formula is C11H23N3O2. The molecule has 1 saturated heterocycles. The van der Waals surface area contributed by atoms with Crippen LogP contribution in [0.25, 0.3) is 0 Å². The van der Waals surface area contributed by atoms with Gasteiger partial charge < -0.3 is 15.7 Å². The summed E-state index contributed by atoms with van der Waals surface area (Å²) in [5, 5.41) is 8.97. The minimum atomic E-state index is -0.112. The highest BCUT2D eigenvalue weighted by Gasteiger charge is 2.21. The van der Waals surface area contributed by atoms with Gasteiger partial charge in [0.05, 0.1) is 19.2 Å². The van der Waals surface area contributed by atoms with Crippen molar-refractivity contribution in [3.05, 3.63) is 0 Å². The predicted octanol–water partition coefficient (Wildman–Crippen LogP) is -0.751. The number of carbonyl (C=O) groups excluding carboxylic acids is 1. The predicted molar refractivity (Wildman–Crippen MR) is 63.0 cm³/mol. The molecule has 0 spiro atoms. The van der Waals surface area contributed by atoms with Crippen LogP contribution in [0.3, 0.4) is 0 Å². The zero-order chi connectivity index (χ0) is 12.1. The Bertz CT molecular complexity index is 227. The maximum absolute atomic E-state index is 11.8. The highest BCUT2D eigenvalue weighted by atomic mass is 16.3. The van der Waals surface area contributed by atoms with Crippen LogP contribution in [-0.4, -0.2) is 66.2 Å². The molecule has 1 heterocycles. The number of likely N-dealkylation sites (tertiary alicyclic amines) is 1. The summed E-state index contributed by atoms with van der Waals surface area (Å²) in [6.07, 6.45) is 1.93. The third-order valence-corrected chi connectivity index (χ3v) is 3.31. The number of aliphatic hydroxyl groups is 1. The lowest BCUT2D eigenvalue weighted by Gasteiger charge is -2.32. The van der Waals surface area contributed by atoms with Gasteiger partial charge in [0, 0.05) is 26.2 Å². The minimum absolute atomic E-state index is 0.00706. The molecule has 0 bridgehead atoms. The zero-order valence-corrected chi connectivity index (χ0v) is 10.2. The minimum Gasteiger partial charge on any atom is -0.394 e. The van der Waals surface area contributed by atoms with Gasteiger partial charge in [0.2, 0.25) is 5.91 Å². The largest absolute Gasteiger partial charge is 0.394 e. The van der Waals surface area contributed by atoms with Gasteiger partial charge in [-0.3, -0.25) is 9.69 Å². The lowest BCUT2D eigenvalue weighted by molar-refractivity contribution is -0.133. The van der Waals surface area contributed by atoms with Crippen molar-refractivity contribution in [2.45, 2.75) is 31.8 Å². The number of piperidine rings is 1. The van der Waals surface area contributed by atoms with Gasteiger partial charge in [0.25, 0.3) is 0 Å². The van der Waals surface area contributed by atoms with Gasteiger partial charge in [0.15, 0.2) is 0 Å². The molecule has 0 saturated carbocycles. The molecule has 1 fully saturated rings. The summed E-state index contributed by atoms with van der Waals surface area (Å²) in [6.45, 7) is 4.08. The molecule has 5 nitrogen and oxygen atoms in total. The maximum atomic E-state index is 11.8. The van der Waals surface area contributed by atoms with Crippen molar-refractivity contribution < 1.29 is 9.90 Å². The lowest BCUT2D eigenvalue weighted by atomic mass is 10.1. The van der Waals surface area contributed by atoms with Crippen molar-refractivity contribution in [3.8, 4) is 0 Å². The first-order valence-electron chi connectivity index (χ1n) is 5.89. The van der Waals surface area contributed by atoms with E-state index < -0.39 is 0 Å². The van der Waals surface area contributed by atoms with Crippen LogP contribution in [-0.2, 0) is 4.79 Å². The Balaban J connectivity index is 2.33. The first-order chi connectivity index (χ1) is 7.54. The summed E-state index contributed by atoms with van der Waals surface area (Å²) in [5.74, 6) is 0.0667. The zero-order valence-electron chi connectivity index (χ0n) is 10.2. The van der Waals surface area contributed by atoms with Crippen LogP contribution in [0.4, 0.5) is 0 Å². The van der Waals surface area contributed by atoms with E-state index >= 15 is 0 Å². The summed E-state index contributed by atoms with van der Waals surface area (Å²) in [5.41, 5.74) is 5.80. The molecule has 16 heavy (non-hydrogen) atoms. The van der Waals surface area contributed by atoms with Crippen LogP contribution in [0.1, 0.15) is 19.8 Å². The summed E-state index contributed by atoms with van der Waals surface area (Å²) >= 11 is 0. The normalized spacial score (nSPS) is 20.8. The molecule has 1 amide bonds. The van der Waals surface area contributed by atoms with E-state index in [9.17, 15) is 4.79 Å². The van der Waals surface area contributed by atoms with Crippen molar-refractivity contribution in [1.82, 2.24) is 9.80 Å². The quantitative estimate of drug-likeness (QED) is 0.665. The summed E-state index contributed by atoms with van der Waals surface area (Å²) in [6, 6.07) is 0.181. The van der Waals surface area contributed by atoms with Crippen molar-refractivity contribution in [1.29, 1.82) is 0 Å². The third-order valence-electron chi connectivity index (χ3n) is 3.31. The first kappa shape index (κ1) is 13.4. The van der Waals surface area contributed by atoms with Crippen LogP contribution in [0, 0.1) is 0 Å². The Morgan fingerprint density at radius 3 is 2.62 bits per heavy atom. The fourth-order valence-corrected chi connectivity index (χ4v) is 1.78. The molecule has 0 aliphatic carbocycles. The number of hydrogen-bond acceptors (Lipinski definition) is 4. The van der Waals surface area contributed by atoms with Gasteiger partial charge in [-0.2, -0.15) is 0 Å². The Hall–Kier alpha value is -0.650. The summed E-state index contributed by atoms with van der Waals surface area (Å²) < 4.78 is 0. The van der Waals surface area contributed by atoms with E-state index in [0.717, 1.165) is 25.9 Å². The Kier molecular flexibility index (Phi) is 5.18. The van der Waals surface area contributed by atoms with Gasteiger partial charge in [-0.15, -0.1) is 0 Å². The lowest BCUT2D eigenvalue weighted by Crippen LogP contribution is -2.47. The van der Waals surface area contributed by atoms with E-state index in [2.05, 4.69) is 4.90 Å². The Labute approximate surface area is 97.2 Å². The maximum Gasteiger partial charge on any atom is 0.236 e. The number of nitrogens with two attached hydrogens (primary N) is 1. The van der Waals surface area contributed by atoms with Gasteiger partial charge in [-0.25, -0.2) is 0 Å². The number of hydrogen-bond donors (Lipinski definition) is 2. The fraction of sp³-hybridized carbons (Fsp3) is 0.909. The smallest absolute Gasteiger partial charge is 0.236 e. The second-order valence-corrected chi connectivity index (χ2v) is 4.65. The van der Waals surface area contributed by atoms with E-state index in [4.69, 9.17) is 10.8 Å². The van der Waals surface area contributed by atoms with Crippen LogP contribution in [0.2, 0.25) is 0 Å². The van der Waals surface area contributed by atoms with E-state index in [1.165, 1.54) is 0 Å². The SMILES string of the molecule is CC(CO)N(C)C(=O)CN1CCC(N)CC1. The number of nitrogens with zero attached hydrogens (tertiary/aromatic N) is 2. The van der Waals surface area contributed by atoms with Crippen LogP contribution in [0.15, 0.2) is 0 Å². The second-order valence-electron chi connectivity index (χ2n) is 4.65. The fourth-order valence-electron chi connectivity index (χ4n) is 1.78. The highest BCUT2D eigenvalue weighted by Crippen LogP contribution is 2.08. The summed E-state index contributed by atoms with van der Waals surface area (Å²) in [7, 11) is 1.74. The second kappa shape index (κ2) is 6.18. The summed E-state index contributed by atoms with van der Waals surface area (Å²) in [4.78, 5) is 15.6. The average molecular weight is 229 g/mol. The van der Waals surface area contributed by atoms with Crippen LogP contribution in [0.5, 0.6) is 0 Å². The molecular weight excluding hydrogens is 206 g/mol. The van der Waals surface area contributed by atoms with E-state index in [-0.39, 0.29) is 18.6 Å². The van der Waals surface area contributed by atoms with Crippen molar-refractivity contribution in [2.24, 2.45) is 5.73 Å². The van der Waals surface area contributed by atoms with Gasteiger partial charge in [0.1, 0.15) is 0 Å². The van der Waals surface area contributed by atoms with E-state index in [0.29, 0.717) is 12.6 Å². The molecule has 0 radical (unpaired) electrons. The van der Waals surface area contributed by atoms with Crippen LogP contribution < -0.4 is 5.73 Å². The molecule has 0 aromatic carbocycles. The Morgan fingerprint density at radius 2 is 2.12 bits per heavy atom. The third kappa shape index (κ3) is 3.73. The molecule has 0 aromatic heterocycles. The van der Waals surface area contributed by atoms with Crippen molar-refractivity contribution in [3.63, 3.8) is 0 Å². The molecule has 5 heteroatoms. The van der Waals surface area contributed by atoms with Gasteiger partial charge >= 0.3 is 0 Å². The molecule has 3 N–H and O–H groups in total. The number of likely N-dealkylation sites (N-methyl/N-ethyl adjacent to an activating group) is 1. The molecule has 1 aliphatic rings. The first-order valence-corrected chi connectivity index (χ1v) is 5.89. The van der Waals surface area contributed by atoms with Crippen molar-refractivity contribution in [2.75, 3.05) is 33.3 Å². The van der Waals surface area contributed by atoms with E-state index in [1.807, 2.05) is 6.92 Å². The number of amides is 1. The van der Waals surface area contributed by atoms with E-state index in [1.54, 1.807) is 11.9 Å². The monoisotopic (exact) mass is 229 g/mol. The highest BCUT2D eigenvalue weighted by molar-refractivity contribution is 5.78. The van der Waals surface area contributed by atoms with Crippen molar-refractivity contribution >= 4 is 5.91 Å². The molecule has 1 rings (SSSR count). The molecule has 94 valence electrons. The molecule has 1 unspecified atom stereocenters. The van der Waals surface area contributed by atoms with Gasteiger partial charge in [-0.05, 0) is 19.8 Å². The number of rotatable bonds is 4. The number of carbonyl (C=O) groups is 1. The Morgan fingerprint density at radius 1 is 1.56 bits per heavy atom. The number of aliphatic hydroxyl groups excluding tert-OH is 1. The van der Waals surface area contributed by atoms with Gasteiger partial charge in [-0.1, -0.05) is 0 Å². The molecule has 1 aliphatic heterocycles. The standard InChI is InChI=1S/C11H23N3O2/c1-9(8-15)13(2)11(16)7-14-5-3-10(12)4-6-14/h9-10,15H,3-8,12H2,1-2H3. The topological polar surface area (TPSA) is 69.8 Å². The molecule has 1 atom stereocenters. The molecule has 0 aromatic rings. The van der Waals surface area contributed by atoms with Crippen LogP contribution >= 0.6 is 0 Å². The average Bonchev–Trinajstić information content (AvgIpc) is 2.30.